The third-order valence-electron chi connectivity index (χ3n) is 10.8. The topological polar surface area (TPSA) is 3.24 Å². The number of fused-ring (bicyclic) bond motifs is 5. The van der Waals surface area contributed by atoms with Crippen LogP contribution in [-0.4, -0.2) is 5.25 Å². The third-order valence-corrected chi connectivity index (χ3v) is 12.1. The van der Waals surface area contributed by atoms with Gasteiger partial charge in [0.25, 0.3) is 0 Å². The van der Waals surface area contributed by atoms with Crippen molar-refractivity contribution in [1.82, 2.24) is 0 Å². The number of benzene rings is 4. The van der Waals surface area contributed by atoms with Gasteiger partial charge in [0.2, 0.25) is 0 Å². The summed E-state index contributed by atoms with van der Waals surface area (Å²) < 4.78 is 0. The highest BCUT2D eigenvalue weighted by Gasteiger charge is 2.32. The van der Waals surface area contributed by atoms with Crippen molar-refractivity contribution in [3.05, 3.63) is 173 Å². The maximum absolute atomic E-state index is 2.58. The number of anilines is 2. The zero-order valence-electron chi connectivity index (χ0n) is 26.8. The van der Waals surface area contributed by atoms with Crippen LogP contribution >= 0.6 is 11.8 Å². The van der Waals surface area contributed by atoms with Gasteiger partial charge in [-0.05, 0) is 118 Å². The Morgan fingerprint density at radius 3 is 2.34 bits per heavy atom. The lowest BCUT2D eigenvalue weighted by Crippen LogP contribution is -2.30. The number of rotatable bonds is 5. The van der Waals surface area contributed by atoms with E-state index in [-0.39, 0.29) is 6.04 Å². The zero-order valence-corrected chi connectivity index (χ0v) is 27.7. The lowest BCUT2D eigenvalue weighted by atomic mass is 9.79. The highest BCUT2D eigenvalue weighted by molar-refractivity contribution is 8.00. The Labute approximate surface area is 283 Å². The molecule has 0 amide bonds. The van der Waals surface area contributed by atoms with Crippen LogP contribution in [0.3, 0.4) is 0 Å². The zero-order chi connectivity index (χ0) is 31.3. The van der Waals surface area contributed by atoms with Crippen LogP contribution < -0.4 is 4.90 Å². The van der Waals surface area contributed by atoms with Crippen LogP contribution in [0.4, 0.5) is 11.4 Å². The molecule has 4 unspecified atom stereocenters. The highest BCUT2D eigenvalue weighted by atomic mass is 32.2. The summed E-state index contributed by atoms with van der Waals surface area (Å²) in [6.07, 6.45) is 23.5. The number of thioether (sulfide) groups is 1. The van der Waals surface area contributed by atoms with E-state index in [1.165, 1.54) is 85.6 Å². The first-order chi connectivity index (χ1) is 23.2. The van der Waals surface area contributed by atoms with E-state index in [0.717, 1.165) is 6.42 Å². The van der Waals surface area contributed by atoms with Gasteiger partial charge in [0.1, 0.15) is 0 Å². The monoisotopic (exact) mass is 625 g/mol. The first-order valence-electron chi connectivity index (χ1n) is 17.2. The van der Waals surface area contributed by atoms with Gasteiger partial charge in [-0.3, -0.25) is 0 Å². The van der Waals surface area contributed by atoms with Crippen LogP contribution in [-0.2, 0) is 0 Å². The summed E-state index contributed by atoms with van der Waals surface area (Å²) in [5.41, 5.74) is 15.0. The Morgan fingerprint density at radius 2 is 1.49 bits per heavy atom. The molecule has 1 nitrogen and oxygen atoms in total. The second kappa shape index (κ2) is 11.9. The first-order valence-corrected chi connectivity index (χ1v) is 18.1. The molecule has 4 aromatic carbocycles. The molecule has 2 heteroatoms. The van der Waals surface area contributed by atoms with Crippen molar-refractivity contribution in [3.63, 3.8) is 0 Å². The minimum absolute atomic E-state index is 0.197. The molecule has 1 heterocycles. The van der Waals surface area contributed by atoms with Crippen LogP contribution in [0.1, 0.15) is 66.5 Å². The maximum atomic E-state index is 2.58. The Bertz CT molecular complexity index is 2030. The van der Waals surface area contributed by atoms with E-state index in [4.69, 9.17) is 0 Å². The molecule has 5 aliphatic rings. The van der Waals surface area contributed by atoms with Gasteiger partial charge < -0.3 is 4.90 Å². The summed E-state index contributed by atoms with van der Waals surface area (Å²) in [5.74, 6) is 1.01. The van der Waals surface area contributed by atoms with Gasteiger partial charge in [-0.1, -0.05) is 122 Å². The molecule has 0 bridgehead atoms. The van der Waals surface area contributed by atoms with E-state index < -0.39 is 0 Å². The Balaban J connectivity index is 1.08. The lowest BCUT2D eigenvalue weighted by Gasteiger charge is -2.39. The molecule has 4 atom stereocenters. The highest BCUT2D eigenvalue weighted by Crippen LogP contribution is 2.50. The molecular formula is C45H39NS. The van der Waals surface area contributed by atoms with Gasteiger partial charge >= 0.3 is 0 Å². The summed E-state index contributed by atoms with van der Waals surface area (Å²) >= 11 is 2.02. The third kappa shape index (κ3) is 5.11. The molecule has 0 aromatic heterocycles. The molecule has 47 heavy (non-hydrogen) atoms. The van der Waals surface area contributed by atoms with E-state index in [2.05, 4.69) is 157 Å². The molecule has 0 fully saturated rings. The fraction of sp³-hybridized carbons (Fsp3) is 0.200. The van der Waals surface area contributed by atoms with Gasteiger partial charge in [0.05, 0.1) is 6.04 Å². The quantitative estimate of drug-likeness (QED) is 0.217. The minimum atomic E-state index is 0.197. The Morgan fingerprint density at radius 1 is 0.723 bits per heavy atom. The fourth-order valence-corrected chi connectivity index (χ4v) is 9.71. The number of allylic oxidation sites excluding steroid dienone is 9. The van der Waals surface area contributed by atoms with Crippen LogP contribution in [0.15, 0.2) is 150 Å². The molecule has 0 saturated carbocycles. The Hall–Kier alpha value is -4.53. The predicted octanol–water partition coefficient (Wildman–Crippen LogP) is 12.3. The van der Waals surface area contributed by atoms with E-state index in [1.54, 1.807) is 0 Å². The van der Waals surface area contributed by atoms with Gasteiger partial charge in [-0.15, -0.1) is 11.8 Å². The number of nitrogens with zero attached hydrogens (tertiary/aromatic N) is 1. The minimum Gasteiger partial charge on any atom is -0.333 e. The maximum Gasteiger partial charge on any atom is 0.0657 e. The summed E-state index contributed by atoms with van der Waals surface area (Å²) in [6.45, 7) is 2.36. The molecule has 4 aromatic rings. The summed E-state index contributed by atoms with van der Waals surface area (Å²) in [4.78, 5) is 3.99. The van der Waals surface area contributed by atoms with Gasteiger partial charge in [-0.2, -0.15) is 0 Å². The second-order valence-corrected chi connectivity index (χ2v) is 14.8. The molecule has 0 saturated heterocycles. The SMILES string of the molecule is CC1C=Cc2ccccc2C1N(c1ccc(C2=CC=C3c4ccccc4SC3C2)cc1)c1ccc(C2=C3C=CCCC3CC=C2)cc1. The molecule has 0 radical (unpaired) electrons. The average molecular weight is 626 g/mol. The fourth-order valence-electron chi connectivity index (χ4n) is 8.34. The van der Waals surface area contributed by atoms with E-state index in [0.29, 0.717) is 17.1 Å². The van der Waals surface area contributed by atoms with Gasteiger partial charge in [0, 0.05) is 21.5 Å². The number of hydrogen-bond donors (Lipinski definition) is 0. The van der Waals surface area contributed by atoms with Crippen molar-refractivity contribution in [3.8, 4) is 0 Å². The average Bonchev–Trinajstić information content (AvgIpc) is 3.51. The van der Waals surface area contributed by atoms with E-state index in [9.17, 15) is 0 Å². The number of hydrogen-bond acceptors (Lipinski definition) is 2. The van der Waals surface area contributed by atoms with E-state index >= 15 is 0 Å². The second-order valence-electron chi connectivity index (χ2n) is 13.6. The predicted molar refractivity (Wildman–Crippen MR) is 202 cm³/mol. The first kappa shape index (κ1) is 28.7. The van der Waals surface area contributed by atoms with Gasteiger partial charge in [-0.25, -0.2) is 0 Å². The van der Waals surface area contributed by atoms with E-state index in [1.807, 2.05) is 11.8 Å². The van der Waals surface area contributed by atoms with Crippen LogP contribution in [0.5, 0.6) is 0 Å². The van der Waals surface area contributed by atoms with Crippen molar-refractivity contribution in [1.29, 1.82) is 0 Å². The van der Waals surface area contributed by atoms with Crippen molar-refractivity contribution in [2.24, 2.45) is 11.8 Å². The van der Waals surface area contributed by atoms with Crippen molar-refractivity contribution in [2.75, 3.05) is 4.90 Å². The van der Waals surface area contributed by atoms with Crippen molar-refractivity contribution < 1.29 is 0 Å². The normalized spacial score (nSPS) is 23.8. The Kier molecular flexibility index (Phi) is 7.28. The van der Waals surface area contributed by atoms with Gasteiger partial charge in [0.15, 0.2) is 0 Å². The summed E-state index contributed by atoms with van der Waals surface area (Å²) in [7, 11) is 0. The van der Waals surface area contributed by atoms with Crippen LogP contribution in [0, 0.1) is 11.8 Å². The molecule has 4 aliphatic carbocycles. The summed E-state index contributed by atoms with van der Waals surface area (Å²) in [6, 6.07) is 36.7. The molecule has 0 spiro atoms. The molecular weight excluding hydrogens is 587 g/mol. The molecule has 0 N–H and O–H groups in total. The standard InChI is InChI=1S/C45H39NS/c1-30-17-18-33-10-3-5-13-40(33)45(30)46(37-26-21-34(22-27-37)39-15-8-11-32-9-2-4-12-38(32)39)36-24-19-31(20-25-36)35-23-28-42-41-14-6-7-16-43(41)47-44(42)29-35/h3-8,10,12-28,30,32,44-45H,2,9,11,29H2,1H3. The smallest absolute Gasteiger partial charge is 0.0657 e. The lowest BCUT2D eigenvalue weighted by molar-refractivity contribution is 0.548. The van der Waals surface area contributed by atoms with Crippen molar-refractivity contribution in [2.45, 2.75) is 48.8 Å². The van der Waals surface area contributed by atoms with Crippen LogP contribution in [0.2, 0.25) is 0 Å². The molecule has 9 rings (SSSR count). The largest absolute Gasteiger partial charge is 0.333 e. The molecule has 1 aliphatic heterocycles. The van der Waals surface area contributed by atoms with Crippen LogP contribution in [0.25, 0.3) is 22.8 Å². The summed E-state index contributed by atoms with van der Waals surface area (Å²) in [5, 5.41) is 0.503. The van der Waals surface area contributed by atoms with Crippen molar-refractivity contribution >= 4 is 45.9 Å². The molecule has 230 valence electrons.